The van der Waals surface area contributed by atoms with Crippen LogP contribution in [-0.4, -0.2) is 43.7 Å². The van der Waals surface area contributed by atoms with E-state index in [0.717, 1.165) is 63.5 Å². The molecule has 1 aliphatic heterocycles. The van der Waals surface area contributed by atoms with Crippen molar-refractivity contribution in [1.82, 2.24) is 10.2 Å². The van der Waals surface area contributed by atoms with Gasteiger partial charge in [0.25, 0.3) is 0 Å². The van der Waals surface area contributed by atoms with E-state index < -0.39 is 0 Å². The van der Waals surface area contributed by atoms with Crippen LogP contribution in [0.4, 0.5) is 0 Å². The Hall–Kier alpha value is -1.33. The quantitative estimate of drug-likeness (QED) is 0.752. The van der Waals surface area contributed by atoms with E-state index >= 15 is 0 Å². The standard InChI is InChI=1S/C19H32N2O3/c1-4-6-7-16(5-2)19(22)20-14-17(18-9-8-15(3)24-18)21-10-12-23-13-11-21/h8-9,16-17H,4-7,10-14H2,1-3H3,(H,20,22). The lowest BCUT2D eigenvalue weighted by Crippen LogP contribution is -2.44. The molecule has 0 bridgehead atoms. The lowest BCUT2D eigenvalue weighted by Gasteiger charge is -2.33. The maximum atomic E-state index is 12.5. The van der Waals surface area contributed by atoms with Crippen LogP contribution in [-0.2, 0) is 9.53 Å². The maximum Gasteiger partial charge on any atom is 0.223 e. The van der Waals surface area contributed by atoms with Gasteiger partial charge in [-0.3, -0.25) is 9.69 Å². The number of hydrogen-bond donors (Lipinski definition) is 1. The van der Waals surface area contributed by atoms with Crippen LogP contribution in [0.3, 0.4) is 0 Å². The summed E-state index contributed by atoms with van der Waals surface area (Å²) in [6, 6.07) is 4.09. The molecule has 0 aromatic carbocycles. The van der Waals surface area contributed by atoms with Crippen LogP contribution in [0.1, 0.15) is 57.1 Å². The number of nitrogens with zero attached hydrogens (tertiary/aromatic N) is 1. The summed E-state index contributed by atoms with van der Waals surface area (Å²) in [5.41, 5.74) is 0. The van der Waals surface area contributed by atoms with Gasteiger partial charge >= 0.3 is 0 Å². The molecule has 1 aromatic rings. The molecule has 0 aliphatic carbocycles. The average molecular weight is 336 g/mol. The highest BCUT2D eigenvalue weighted by Crippen LogP contribution is 2.23. The minimum atomic E-state index is 0.0789. The number of nitrogens with one attached hydrogen (secondary N) is 1. The molecule has 1 saturated heterocycles. The van der Waals surface area contributed by atoms with Crippen LogP contribution in [0, 0.1) is 12.8 Å². The van der Waals surface area contributed by atoms with Crippen molar-refractivity contribution in [2.75, 3.05) is 32.8 Å². The predicted octanol–water partition coefficient (Wildman–Crippen LogP) is 3.29. The van der Waals surface area contributed by atoms with Crippen LogP contribution in [0.15, 0.2) is 16.5 Å². The SMILES string of the molecule is CCCCC(CC)C(=O)NCC(c1ccc(C)o1)N1CCOCC1. The molecule has 136 valence electrons. The molecule has 1 amide bonds. The van der Waals surface area contributed by atoms with Crippen molar-refractivity contribution >= 4 is 5.91 Å². The molecule has 24 heavy (non-hydrogen) atoms. The zero-order chi connectivity index (χ0) is 17.4. The third-order valence-electron chi connectivity index (χ3n) is 4.82. The Morgan fingerprint density at radius 1 is 1.29 bits per heavy atom. The van der Waals surface area contributed by atoms with Gasteiger partial charge in [-0.05, 0) is 31.9 Å². The van der Waals surface area contributed by atoms with E-state index in [4.69, 9.17) is 9.15 Å². The summed E-state index contributed by atoms with van der Waals surface area (Å²) in [5.74, 6) is 2.13. The van der Waals surface area contributed by atoms with Crippen LogP contribution in [0.5, 0.6) is 0 Å². The van der Waals surface area contributed by atoms with E-state index in [0.29, 0.717) is 6.54 Å². The normalized spacial score (nSPS) is 18.3. The molecule has 1 fully saturated rings. The van der Waals surface area contributed by atoms with Gasteiger partial charge in [-0.25, -0.2) is 0 Å². The minimum Gasteiger partial charge on any atom is -0.465 e. The molecule has 1 N–H and O–H groups in total. The Balaban J connectivity index is 1.98. The maximum absolute atomic E-state index is 12.5. The summed E-state index contributed by atoms with van der Waals surface area (Å²) in [6.07, 6.45) is 4.11. The Morgan fingerprint density at radius 3 is 2.62 bits per heavy atom. The van der Waals surface area contributed by atoms with Crippen molar-refractivity contribution in [2.24, 2.45) is 5.92 Å². The van der Waals surface area contributed by atoms with Gasteiger partial charge in [-0.1, -0.05) is 26.7 Å². The number of unbranched alkanes of at least 4 members (excludes halogenated alkanes) is 1. The number of aryl methyl sites for hydroxylation is 1. The van der Waals surface area contributed by atoms with Gasteiger partial charge < -0.3 is 14.5 Å². The van der Waals surface area contributed by atoms with Gasteiger partial charge in [0.2, 0.25) is 5.91 Å². The van der Waals surface area contributed by atoms with Gasteiger partial charge in [0.1, 0.15) is 11.5 Å². The Bertz CT molecular complexity index is 495. The largest absolute Gasteiger partial charge is 0.465 e. The Labute approximate surface area is 145 Å². The second kappa shape index (κ2) is 9.84. The zero-order valence-electron chi connectivity index (χ0n) is 15.3. The first-order valence-electron chi connectivity index (χ1n) is 9.31. The topological polar surface area (TPSA) is 54.7 Å². The van der Waals surface area contributed by atoms with E-state index in [2.05, 4.69) is 24.1 Å². The second-order valence-electron chi connectivity index (χ2n) is 6.61. The number of hydrogen-bond acceptors (Lipinski definition) is 4. The number of ether oxygens (including phenoxy) is 1. The predicted molar refractivity (Wildman–Crippen MR) is 94.9 cm³/mol. The molecule has 5 heteroatoms. The number of rotatable bonds is 9. The van der Waals surface area contributed by atoms with Gasteiger partial charge in [-0.15, -0.1) is 0 Å². The molecule has 2 atom stereocenters. The number of amides is 1. The Morgan fingerprint density at radius 2 is 2.04 bits per heavy atom. The molecular weight excluding hydrogens is 304 g/mol. The molecule has 2 unspecified atom stereocenters. The fourth-order valence-electron chi connectivity index (χ4n) is 3.24. The lowest BCUT2D eigenvalue weighted by molar-refractivity contribution is -0.125. The van der Waals surface area contributed by atoms with Crippen molar-refractivity contribution in [3.8, 4) is 0 Å². The van der Waals surface area contributed by atoms with Crippen molar-refractivity contribution in [1.29, 1.82) is 0 Å². The molecule has 5 nitrogen and oxygen atoms in total. The Kier molecular flexibility index (Phi) is 7.79. The van der Waals surface area contributed by atoms with Crippen molar-refractivity contribution in [3.05, 3.63) is 23.7 Å². The summed E-state index contributed by atoms with van der Waals surface area (Å²) in [6.45, 7) is 10.0. The lowest BCUT2D eigenvalue weighted by atomic mass is 9.98. The van der Waals surface area contributed by atoms with Crippen LogP contribution < -0.4 is 5.32 Å². The van der Waals surface area contributed by atoms with Crippen molar-refractivity contribution < 1.29 is 13.9 Å². The third-order valence-corrected chi connectivity index (χ3v) is 4.82. The highest BCUT2D eigenvalue weighted by atomic mass is 16.5. The molecule has 2 rings (SSSR count). The van der Waals surface area contributed by atoms with E-state index in [1.54, 1.807) is 0 Å². The third kappa shape index (κ3) is 5.35. The van der Waals surface area contributed by atoms with E-state index in [9.17, 15) is 4.79 Å². The fraction of sp³-hybridized carbons (Fsp3) is 0.737. The van der Waals surface area contributed by atoms with E-state index in [1.165, 1.54) is 0 Å². The highest BCUT2D eigenvalue weighted by Gasteiger charge is 2.26. The number of furan rings is 1. The van der Waals surface area contributed by atoms with Crippen molar-refractivity contribution in [3.63, 3.8) is 0 Å². The molecule has 0 radical (unpaired) electrons. The van der Waals surface area contributed by atoms with Gasteiger partial charge in [0, 0.05) is 25.6 Å². The highest BCUT2D eigenvalue weighted by molar-refractivity contribution is 5.78. The minimum absolute atomic E-state index is 0.0789. The summed E-state index contributed by atoms with van der Waals surface area (Å²) in [7, 11) is 0. The van der Waals surface area contributed by atoms with Gasteiger partial charge in [0.05, 0.1) is 19.3 Å². The number of carbonyl (C=O) groups excluding carboxylic acids is 1. The summed E-state index contributed by atoms with van der Waals surface area (Å²) in [5, 5.41) is 3.17. The van der Waals surface area contributed by atoms with Gasteiger partial charge in [0.15, 0.2) is 0 Å². The van der Waals surface area contributed by atoms with Crippen molar-refractivity contribution in [2.45, 2.75) is 52.5 Å². The molecular formula is C19H32N2O3. The first-order valence-corrected chi connectivity index (χ1v) is 9.31. The zero-order valence-corrected chi connectivity index (χ0v) is 15.3. The summed E-state index contributed by atoms with van der Waals surface area (Å²) < 4.78 is 11.3. The summed E-state index contributed by atoms with van der Waals surface area (Å²) >= 11 is 0. The fourth-order valence-corrected chi connectivity index (χ4v) is 3.24. The first kappa shape index (κ1) is 19.0. The molecule has 1 aromatic heterocycles. The van der Waals surface area contributed by atoms with Crippen LogP contribution in [0.25, 0.3) is 0 Å². The smallest absolute Gasteiger partial charge is 0.223 e. The van der Waals surface area contributed by atoms with E-state index in [-0.39, 0.29) is 17.9 Å². The average Bonchev–Trinajstić information content (AvgIpc) is 3.03. The number of carbonyl (C=O) groups is 1. The molecule has 0 saturated carbocycles. The second-order valence-corrected chi connectivity index (χ2v) is 6.61. The summed E-state index contributed by atoms with van der Waals surface area (Å²) in [4.78, 5) is 14.9. The molecule has 2 heterocycles. The van der Waals surface area contributed by atoms with Gasteiger partial charge in [-0.2, -0.15) is 0 Å². The number of morpholine rings is 1. The monoisotopic (exact) mass is 336 g/mol. The van der Waals surface area contributed by atoms with E-state index in [1.807, 2.05) is 19.1 Å². The molecule has 0 spiro atoms. The van der Waals surface area contributed by atoms with Crippen LogP contribution >= 0.6 is 0 Å². The first-order chi connectivity index (χ1) is 11.7. The molecule has 1 aliphatic rings. The van der Waals surface area contributed by atoms with Crippen LogP contribution in [0.2, 0.25) is 0 Å².